The first kappa shape index (κ1) is 20.7. The topological polar surface area (TPSA) is 12.9 Å². The van der Waals surface area contributed by atoms with E-state index in [0.29, 0.717) is 0 Å². The summed E-state index contributed by atoms with van der Waals surface area (Å²) in [6, 6.07) is 26.5. The van der Waals surface area contributed by atoms with Crippen molar-refractivity contribution in [2.45, 2.75) is 52.4 Å². The Balaban J connectivity index is 2.05. The Hall–Kier alpha value is -3.19. The molecule has 0 N–H and O–H groups in total. The van der Waals surface area contributed by atoms with Crippen LogP contribution in [0, 0.1) is 0 Å². The first-order valence-electron chi connectivity index (χ1n) is 11.5. The van der Waals surface area contributed by atoms with Crippen LogP contribution in [0.4, 0.5) is 0 Å². The molecule has 0 fully saturated rings. The maximum atomic E-state index is 4.88. The Kier molecular flexibility index (Phi) is 4.64. The summed E-state index contributed by atoms with van der Waals surface area (Å²) < 4.78 is 0. The zero-order chi connectivity index (χ0) is 22.7. The summed E-state index contributed by atoms with van der Waals surface area (Å²) >= 11 is 0. The second kappa shape index (κ2) is 7.17. The number of hydrogen-bond acceptors (Lipinski definition) is 1. The molecule has 5 aromatic rings. The van der Waals surface area contributed by atoms with Gasteiger partial charge in [-0.05, 0) is 61.4 Å². The molecule has 160 valence electrons. The highest BCUT2D eigenvalue weighted by Gasteiger charge is 2.28. The summed E-state index contributed by atoms with van der Waals surface area (Å²) in [6.45, 7) is 14.0. The number of rotatable bonds is 1. The van der Waals surface area contributed by atoms with Gasteiger partial charge in [-0.3, -0.25) is 4.98 Å². The Morgan fingerprint density at radius 1 is 0.562 bits per heavy atom. The second-order valence-electron chi connectivity index (χ2n) is 10.9. The smallest absolute Gasteiger partial charge is 0.0783 e. The summed E-state index contributed by atoms with van der Waals surface area (Å²) in [6.07, 6.45) is 1.92. The van der Waals surface area contributed by atoms with E-state index in [2.05, 4.69) is 108 Å². The molecule has 0 atom stereocenters. The molecular weight excluding hydrogens is 386 g/mol. The average Bonchev–Trinajstić information content (AvgIpc) is 2.75. The minimum Gasteiger partial charge on any atom is -0.256 e. The zero-order valence-corrected chi connectivity index (χ0v) is 20.0. The third-order valence-electron chi connectivity index (χ3n) is 6.46. The van der Waals surface area contributed by atoms with E-state index >= 15 is 0 Å². The van der Waals surface area contributed by atoms with Crippen LogP contribution in [0.5, 0.6) is 0 Å². The van der Waals surface area contributed by atoms with Crippen molar-refractivity contribution in [3.05, 3.63) is 90.1 Å². The van der Waals surface area contributed by atoms with E-state index in [-0.39, 0.29) is 10.8 Å². The summed E-state index contributed by atoms with van der Waals surface area (Å²) in [4.78, 5) is 4.88. The Labute approximate surface area is 191 Å². The van der Waals surface area contributed by atoms with Crippen LogP contribution >= 0.6 is 0 Å². The van der Waals surface area contributed by atoms with E-state index in [9.17, 15) is 0 Å². The molecule has 0 saturated carbocycles. The van der Waals surface area contributed by atoms with Crippen molar-refractivity contribution in [2.75, 3.05) is 0 Å². The van der Waals surface area contributed by atoms with E-state index in [0.717, 1.165) is 5.52 Å². The summed E-state index contributed by atoms with van der Waals surface area (Å²) in [7, 11) is 0. The van der Waals surface area contributed by atoms with Crippen LogP contribution in [0.3, 0.4) is 0 Å². The molecule has 4 aromatic carbocycles. The van der Waals surface area contributed by atoms with Crippen LogP contribution in [0.2, 0.25) is 0 Å². The fraction of sp³-hybridized carbons (Fsp3) is 0.258. The molecule has 0 unspecified atom stereocenters. The molecule has 0 amide bonds. The number of nitrogens with zero attached hydrogens (tertiary/aromatic N) is 1. The molecule has 0 bridgehead atoms. The summed E-state index contributed by atoms with van der Waals surface area (Å²) in [5.41, 5.74) is 6.39. The lowest BCUT2D eigenvalue weighted by Gasteiger charge is -2.31. The molecule has 1 heterocycles. The first-order chi connectivity index (χ1) is 15.2. The monoisotopic (exact) mass is 417 g/mol. The predicted octanol–water partition coefficient (Wildman–Crippen LogP) is 8.80. The SMILES string of the molecule is CC(C)(C)c1c2cc(-c3ccccc3)ccc2c(C(C)(C)C)c2c1ccc1cccnc12. The minimum atomic E-state index is -0.0209. The molecule has 0 spiro atoms. The van der Waals surface area contributed by atoms with Gasteiger partial charge in [-0.25, -0.2) is 0 Å². The van der Waals surface area contributed by atoms with Crippen molar-refractivity contribution >= 4 is 32.4 Å². The van der Waals surface area contributed by atoms with Crippen LogP contribution in [-0.2, 0) is 10.8 Å². The number of pyridine rings is 1. The van der Waals surface area contributed by atoms with Crippen molar-refractivity contribution in [1.29, 1.82) is 0 Å². The van der Waals surface area contributed by atoms with Gasteiger partial charge in [0, 0.05) is 17.0 Å². The number of hydrogen-bond donors (Lipinski definition) is 0. The highest BCUT2D eigenvalue weighted by atomic mass is 14.6. The van der Waals surface area contributed by atoms with Gasteiger partial charge < -0.3 is 0 Å². The van der Waals surface area contributed by atoms with E-state index in [4.69, 9.17) is 4.98 Å². The molecule has 0 aliphatic carbocycles. The second-order valence-corrected chi connectivity index (χ2v) is 10.9. The van der Waals surface area contributed by atoms with Crippen molar-refractivity contribution in [1.82, 2.24) is 4.98 Å². The molecule has 5 rings (SSSR count). The third-order valence-corrected chi connectivity index (χ3v) is 6.46. The molecule has 32 heavy (non-hydrogen) atoms. The summed E-state index contributed by atoms with van der Waals surface area (Å²) in [5.74, 6) is 0. The number of benzene rings is 4. The molecule has 0 aliphatic heterocycles. The molecule has 0 radical (unpaired) electrons. The lowest BCUT2D eigenvalue weighted by atomic mass is 9.73. The lowest BCUT2D eigenvalue weighted by Crippen LogP contribution is -2.18. The van der Waals surface area contributed by atoms with Gasteiger partial charge in [0.15, 0.2) is 0 Å². The zero-order valence-electron chi connectivity index (χ0n) is 20.0. The van der Waals surface area contributed by atoms with Gasteiger partial charge in [-0.15, -0.1) is 0 Å². The fourth-order valence-electron chi connectivity index (χ4n) is 5.25. The molecule has 1 nitrogen and oxygen atoms in total. The predicted molar refractivity (Wildman–Crippen MR) is 140 cm³/mol. The lowest BCUT2D eigenvalue weighted by molar-refractivity contribution is 0.593. The van der Waals surface area contributed by atoms with E-state index in [1.807, 2.05) is 12.3 Å². The average molecular weight is 418 g/mol. The van der Waals surface area contributed by atoms with E-state index in [1.54, 1.807) is 0 Å². The quantitative estimate of drug-likeness (QED) is 0.196. The van der Waals surface area contributed by atoms with E-state index < -0.39 is 0 Å². The van der Waals surface area contributed by atoms with Gasteiger partial charge in [0.2, 0.25) is 0 Å². The van der Waals surface area contributed by atoms with Crippen LogP contribution in [-0.4, -0.2) is 4.98 Å². The molecule has 1 aromatic heterocycles. The number of fused-ring (bicyclic) bond motifs is 4. The molecule has 0 saturated heterocycles. The van der Waals surface area contributed by atoms with Crippen LogP contribution in [0.1, 0.15) is 52.7 Å². The fourth-order valence-corrected chi connectivity index (χ4v) is 5.25. The van der Waals surface area contributed by atoms with Gasteiger partial charge >= 0.3 is 0 Å². The normalized spacial score (nSPS) is 12.7. The standard InChI is InChI=1S/C31H31N/c1-30(2,3)27-24-17-14-21-13-10-18-32-29(21)26(24)28(31(4,5)6)23-16-15-22(19-25(23)27)20-11-8-7-9-12-20/h7-19H,1-6H3. The number of aromatic nitrogens is 1. The Morgan fingerprint density at radius 2 is 1.25 bits per heavy atom. The van der Waals surface area contributed by atoms with Gasteiger partial charge in [0.25, 0.3) is 0 Å². The van der Waals surface area contributed by atoms with Crippen molar-refractivity contribution in [2.24, 2.45) is 0 Å². The van der Waals surface area contributed by atoms with Crippen molar-refractivity contribution < 1.29 is 0 Å². The Bertz CT molecular complexity index is 1460. The van der Waals surface area contributed by atoms with Crippen LogP contribution < -0.4 is 0 Å². The van der Waals surface area contributed by atoms with Gasteiger partial charge in [-0.2, -0.15) is 0 Å². The van der Waals surface area contributed by atoms with Crippen molar-refractivity contribution in [3.63, 3.8) is 0 Å². The third kappa shape index (κ3) is 3.28. The molecule has 1 heteroatoms. The molecule has 0 aliphatic rings. The minimum absolute atomic E-state index is 0.00924. The maximum absolute atomic E-state index is 4.88. The van der Waals surface area contributed by atoms with Crippen molar-refractivity contribution in [3.8, 4) is 11.1 Å². The highest BCUT2D eigenvalue weighted by molar-refractivity contribution is 6.16. The van der Waals surface area contributed by atoms with Gasteiger partial charge in [0.05, 0.1) is 5.52 Å². The summed E-state index contributed by atoms with van der Waals surface area (Å²) in [5, 5.41) is 6.52. The van der Waals surface area contributed by atoms with Crippen LogP contribution in [0.15, 0.2) is 79.0 Å². The van der Waals surface area contributed by atoms with Gasteiger partial charge in [-0.1, -0.05) is 102 Å². The first-order valence-corrected chi connectivity index (χ1v) is 11.5. The van der Waals surface area contributed by atoms with Gasteiger partial charge in [0.1, 0.15) is 0 Å². The largest absolute Gasteiger partial charge is 0.256 e. The Morgan fingerprint density at radius 3 is 1.94 bits per heavy atom. The van der Waals surface area contributed by atoms with Crippen LogP contribution in [0.25, 0.3) is 43.6 Å². The molecular formula is C31H31N. The maximum Gasteiger partial charge on any atom is 0.0783 e. The highest BCUT2D eigenvalue weighted by Crippen LogP contribution is 2.46. The van der Waals surface area contributed by atoms with E-state index in [1.165, 1.54) is 49.2 Å².